The number of hydrogen-bond acceptors (Lipinski definition) is 4. The Morgan fingerprint density at radius 3 is 2.71 bits per heavy atom. The van der Waals surface area contributed by atoms with Crippen molar-refractivity contribution < 1.29 is 9.13 Å². The number of nitrogens with one attached hydrogen (secondary N) is 1. The van der Waals surface area contributed by atoms with Gasteiger partial charge in [0.15, 0.2) is 0 Å². The molecule has 0 saturated heterocycles. The zero-order chi connectivity index (χ0) is 14.8. The van der Waals surface area contributed by atoms with E-state index in [1.807, 2.05) is 14.0 Å². The van der Waals surface area contributed by atoms with Crippen molar-refractivity contribution in [1.82, 2.24) is 9.97 Å². The lowest BCUT2D eigenvalue weighted by Crippen LogP contribution is -2.07. The Morgan fingerprint density at radius 1 is 1.29 bits per heavy atom. The zero-order valence-electron chi connectivity index (χ0n) is 12.2. The fourth-order valence-electron chi connectivity index (χ4n) is 2.18. The van der Waals surface area contributed by atoms with Crippen LogP contribution < -0.4 is 10.1 Å². The molecule has 0 amide bonds. The minimum absolute atomic E-state index is 0.164. The second-order valence-electron chi connectivity index (χ2n) is 5.26. The van der Waals surface area contributed by atoms with Crippen molar-refractivity contribution in [3.05, 3.63) is 47.0 Å². The minimum Gasteiger partial charge on any atom is -0.472 e. The molecule has 1 heterocycles. The molecule has 0 aliphatic heterocycles. The third kappa shape index (κ3) is 2.96. The van der Waals surface area contributed by atoms with E-state index in [1.165, 1.54) is 6.07 Å². The number of ether oxygens (including phenoxy) is 1. The van der Waals surface area contributed by atoms with Gasteiger partial charge < -0.3 is 10.1 Å². The Balaban J connectivity index is 1.84. The standard InChI is InChI=1S/C16H18FN3O/c1-10-14(18-2)19-15(11-7-8-11)20-16(10)21-9-12-5-3-4-6-13(12)17/h3-6,11H,7-9H2,1-2H3,(H,18,19,20). The molecule has 2 aromatic rings. The largest absolute Gasteiger partial charge is 0.472 e. The Morgan fingerprint density at radius 2 is 2.05 bits per heavy atom. The maximum absolute atomic E-state index is 13.6. The summed E-state index contributed by atoms with van der Waals surface area (Å²) in [4.78, 5) is 9.00. The van der Waals surface area contributed by atoms with E-state index in [9.17, 15) is 4.39 Å². The predicted octanol–water partition coefficient (Wildman–Crippen LogP) is 3.42. The quantitative estimate of drug-likeness (QED) is 0.915. The van der Waals surface area contributed by atoms with E-state index in [0.717, 1.165) is 30.0 Å². The number of anilines is 1. The van der Waals surface area contributed by atoms with Crippen molar-refractivity contribution in [2.75, 3.05) is 12.4 Å². The molecule has 1 N–H and O–H groups in total. The average molecular weight is 287 g/mol. The second kappa shape index (κ2) is 5.68. The highest BCUT2D eigenvalue weighted by Gasteiger charge is 2.28. The Labute approximate surface area is 123 Å². The molecular weight excluding hydrogens is 269 g/mol. The number of benzene rings is 1. The van der Waals surface area contributed by atoms with E-state index in [-0.39, 0.29) is 12.4 Å². The van der Waals surface area contributed by atoms with Gasteiger partial charge in [-0.3, -0.25) is 0 Å². The monoisotopic (exact) mass is 287 g/mol. The number of halogens is 1. The smallest absolute Gasteiger partial charge is 0.222 e. The van der Waals surface area contributed by atoms with Crippen LogP contribution in [0.2, 0.25) is 0 Å². The first-order chi connectivity index (χ1) is 10.2. The summed E-state index contributed by atoms with van der Waals surface area (Å²) in [6.45, 7) is 2.07. The first kappa shape index (κ1) is 13.8. The van der Waals surface area contributed by atoms with Gasteiger partial charge in [0.2, 0.25) is 5.88 Å². The van der Waals surface area contributed by atoms with Gasteiger partial charge in [0.05, 0.1) is 5.56 Å². The molecule has 1 aromatic heterocycles. The molecule has 0 spiro atoms. The fourth-order valence-corrected chi connectivity index (χ4v) is 2.18. The van der Waals surface area contributed by atoms with Gasteiger partial charge in [-0.25, -0.2) is 9.37 Å². The van der Waals surface area contributed by atoms with Gasteiger partial charge in [-0.1, -0.05) is 18.2 Å². The molecule has 1 saturated carbocycles. The summed E-state index contributed by atoms with van der Waals surface area (Å²) in [5, 5.41) is 3.06. The summed E-state index contributed by atoms with van der Waals surface area (Å²) < 4.78 is 19.4. The Kier molecular flexibility index (Phi) is 3.73. The van der Waals surface area contributed by atoms with Crippen molar-refractivity contribution in [3.63, 3.8) is 0 Å². The van der Waals surface area contributed by atoms with Crippen LogP contribution in [-0.2, 0) is 6.61 Å². The SMILES string of the molecule is CNc1nc(C2CC2)nc(OCc2ccccc2F)c1C. The molecule has 1 fully saturated rings. The van der Waals surface area contributed by atoms with Gasteiger partial charge in [0, 0.05) is 18.5 Å². The van der Waals surface area contributed by atoms with E-state index in [0.29, 0.717) is 17.4 Å². The van der Waals surface area contributed by atoms with Crippen LogP contribution in [0.15, 0.2) is 24.3 Å². The van der Waals surface area contributed by atoms with Crippen LogP contribution >= 0.6 is 0 Å². The Hall–Kier alpha value is -2.17. The van der Waals surface area contributed by atoms with Crippen LogP contribution in [0.1, 0.15) is 35.7 Å². The van der Waals surface area contributed by atoms with Gasteiger partial charge >= 0.3 is 0 Å². The summed E-state index contributed by atoms with van der Waals surface area (Å²) in [6.07, 6.45) is 2.25. The highest BCUT2D eigenvalue weighted by atomic mass is 19.1. The third-order valence-electron chi connectivity index (χ3n) is 3.62. The van der Waals surface area contributed by atoms with E-state index in [4.69, 9.17) is 4.74 Å². The molecule has 5 heteroatoms. The fraction of sp³-hybridized carbons (Fsp3) is 0.375. The molecule has 0 bridgehead atoms. The lowest BCUT2D eigenvalue weighted by atomic mass is 10.2. The minimum atomic E-state index is -0.263. The first-order valence-electron chi connectivity index (χ1n) is 7.11. The zero-order valence-corrected chi connectivity index (χ0v) is 12.2. The van der Waals surface area contributed by atoms with Gasteiger partial charge in [-0.15, -0.1) is 0 Å². The molecule has 1 aliphatic carbocycles. The molecule has 0 atom stereocenters. The summed E-state index contributed by atoms with van der Waals surface area (Å²) in [7, 11) is 1.83. The molecule has 1 aliphatic rings. The molecule has 21 heavy (non-hydrogen) atoms. The molecule has 3 rings (SSSR count). The molecule has 110 valence electrons. The van der Waals surface area contributed by atoms with Crippen LogP contribution in [0.5, 0.6) is 5.88 Å². The molecular formula is C16H18FN3O. The van der Waals surface area contributed by atoms with E-state index in [2.05, 4.69) is 15.3 Å². The van der Waals surface area contributed by atoms with Crippen molar-refractivity contribution in [1.29, 1.82) is 0 Å². The predicted molar refractivity (Wildman–Crippen MR) is 79.0 cm³/mol. The highest BCUT2D eigenvalue weighted by Crippen LogP contribution is 2.40. The molecule has 0 unspecified atom stereocenters. The van der Waals surface area contributed by atoms with Crippen molar-refractivity contribution in [3.8, 4) is 5.88 Å². The number of hydrogen-bond donors (Lipinski definition) is 1. The van der Waals surface area contributed by atoms with Gasteiger partial charge in [0.1, 0.15) is 24.1 Å². The Bertz CT molecular complexity index is 656. The number of nitrogens with zero attached hydrogens (tertiary/aromatic N) is 2. The van der Waals surface area contributed by atoms with Crippen LogP contribution in [-0.4, -0.2) is 17.0 Å². The third-order valence-corrected chi connectivity index (χ3v) is 3.62. The normalized spacial score (nSPS) is 14.0. The highest BCUT2D eigenvalue weighted by molar-refractivity contribution is 5.48. The summed E-state index contributed by atoms with van der Waals surface area (Å²) in [6, 6.07) is 6.61. The van der Waals surface area contributed by atoms with Crippen LogP contribution in [0.4, 0.5) is 10.2 Å². The average Bonchev–Trinajstić information content (AvgIpc) is 3.32. The van der Waals surface area contributed by atoms with Crippen molar-refractivity contribution in [2.45, 2.75) is 32.3 Å². The molecule has 4 nitrogen and oxygen atoms in total. The number of rotatable bonds is 5. The molecule has 1 aromatic carbocycles. The maximum atomic E-state index is 13.6. The second-order valence-corrected chi connectivity index (χ2v) is 5.26. The first-order valence-corrected chi connectivity index (χ1v) is 7.11. The number of aromatic nitrogens is 2. The van der Waals surface area contributed by atoms with Crippen LogP contribution in [0, 0.1) is 12.7 Å². The summed E-state index contributed by atoms with van der Waals surface area (Å²) >= 11 is 0. The topological polar surface area (TPSA) is 47.0 Å². The maximum Gasteiger partial charge on any atom is 0.222 e. The lowest BCUT2D eigenvalue weighted by Gasteiger charge is -2.13. The van der Waals surface area contributed by atoms with Crippen LogP contribution in [0.3, 0.4) is 0 Å². The summed E-state index contributed by atoms with van der Waals surface area (Å²) in [5.41, 5.74) is 1.37. The van der Waals surface area contributed by atoms with Gasteiger partial charge in [0.25, 0.3) is 0 Å². The van der Waals surface area contributed by atoms with Crippen LogP contribution in [0.25, 0.3) is 0 Å². The van der Waals surface area contributed by atoms with E-state index in [1.54, 1.807) is 18.2 Å². The van der Waals surface area contributed by atoms with Gasteiger partial charge in [-0.2, -0.15) is 4.98 Å². The van der Waals surface area contributed by atoms with E-state index >= 15 is 0 Å². The summed E-state index contributed by atoms with van der Waals surface area (Å²) in [5.74, 6) is 2.29. The van der Waals surface area contributed by atoms with Crippen molar-refractivity contribution in [2.24, 2.45) is 0 Å². The lowest BCUT2D eigenvalue weighted by molar-refractivity contribution is 0.284. The van der Waals surface area contributed by atoms with Crippen molar-refractivity contribution >= 4 is 5.82 Å². The van der Waals surface area contributed by atoms with Gasteiger partial charge in [-0.05, 0) is 25.8 Å². The van der Waals surface area contributed by atoms with E-state index < -0.39 is 0 Å². The molecule has 0 radical (unpaired) electrons.